The molecule has 2 saturated carbocycles. The van der Waals surface area contributed by atoms with Crippen molar-refractivity contribution in [3.05, 3.63) is 72.8 Å². The summed E-state index contributed by atoms with van der Waals surface area (Å²) in [4.78, 5) is 25.4. The van der Waals surface area contributed by atoms with Crippen LogP contribution in [0.1, 0.15) is 104 Å². The largest absolute Gasteiger partial charge is 0.459 e. The van der Waals surface area contributed by atoms with Crippen molar-refractivity contribution in [1.82, 2.24) is 0 Å². The topological polar surface area (TPSA) is 46.5 Å². The fourth-order valence-electron chi connectivity index (χ4n) is 7.67. The van der Waals surface area contributed by atoms with Crippen molar-refractivity contribution in [1.29, 1.82) is 0 Å². The molecule has 2 aromatic carbocycles. The van der Waals surface area contributed by atoms with E-state index in [0.717, 1.165) is 55.3 Å². The standard InChI is InChI=1S/C37H51F3O3Si/c1-28(25-27-36(2,3)44(42,33-13-6-4-7-14-33)34-15-8-5-9-16-34)35(41)43-32-23-21-31(22-24-32)30-19-17-29(18-20-30)12-10-11-26-37(38,39)40/h4-9,13-16,29-32,42H,1,10-12,17-27H2,2-3H3. The summed E-state index contributed by atoms with van der Waals surface area (Å²) in [5.41, 5.74) is 0.464. The van der Waals surface area contributed by atoms with E-state index >= 15 is 0 Å². The maximum absolute atomic E-state index is 13.1. The fourth-order valence-corrected chi connectivity index (χ4v) is 11.4. The van der Waals surface area contributed by atoms with Crippen molar-refractivity contribution in [3.8, 4) is 0 Å². The molecular weight excluding hydrogens is 577 g/mol. The minimum atomic E-state index is -4.03. The number of esters is 1. The van der Waals surface area contributed by atoms with E-state index < -0.39 is 26.0 Å². The van der Waals surface area contributed by atoms with Crippen molar-refractivity contribution >= 4 is 24.7 Å². The number of hydrogen-bond acceptors (Lipinski definition) is 3. The summed E-state index contributed by atoms with van der Waals surface area (Å²) in [5, 5.41) is 1.45. The van der Waals surface area contributed by atoms with E-state index in [2.05, 4.69) is 20.4 Å². The zero-order valence-corrected chi connectivity index (χ0v) is 27.6. The summed E-state index contributed by atoms with van der Waals surface area (Å²) in [7, 11) is -3.15. The maximum Gasteiger partial charge on any atom is 0.389 e. The second kappa shape index (κ2) is 15.3. The summed E-state index contributed by atoms with van der Waals surface area (Å²) >= 11 is 0. The number of halogens is 3. The van der Waals surface area contributed by atoms with Gasteiger partial charge in [0.1, 0.15) is 6.10 Å². The summed E-state index contributed by atoms with van der Waals surface area (Å²) in [5.74, 6) is 1.60. The molecule has 1 N–H and O–H groups in total. The zero-order valence-electron chi connectivity index (χ0n) is 26.6. The Morgan fingerprint density at radius 2 is 1.32 bits per heavy atom. The van der Waals surface area contributed by atoms with Crippen LogP contribution in [0.2, 0.25) is 5.04 Å². The average Bonchev–Trinajstić information content (AvgIpc) is 3.02. The van der Waals surface area contributed by atoms with Crippen molar-refractivity contribution in [2.24, 2.45) is 17.8 Å². The number of benzene rings is 2. The lowest BCUT2D eigenvalue weighted by molar-refractivity contribution is -0.146. The predicted molar refractivity (Wildman–Crippen MR) is 174 cm³/mol. The van der Waals surface area contributed by atoms with Gasteiger partial charge in [0.05, 0.1) is 0 Å². The third-order valence-corrected chi connectivity index (χ3v) is 15.1. The van der Waals surface area contributed by atoms with Crippen LogP contribution in [0.25, 0.3) is 0 Å². The highest BCUT2D eigenvalue weighted by Gasteiger charge is 2.49. The van der Waals surface area contributed by atoms with Gasteiger partial charge in [-0.2, -0.15) is 13.2 Å². The summed E-state index contributed by atoms with van der Waals surface area (Å²) in [6.45, 7) is 8.28. The smallest absolute Gasteiger partial charge is 0.389 e. The van der Waals surface area contributed by atoms with Gasteiger partial charge in [-0.05, 0) is 91.0 Å². The van der Waals surface area contributed by atoms with Gasteiger partial charge in [-0.15, -0.1) is 0 Å². The minimum absolute atomic E-state index is 0.0755. The van der Waals surface area contributed by atoms with E-state index in [1.807, 2.05) is 60.7 Å². The van der Waals surface area contributed by atoms with Gasteiger partial charge in [0, 0.05) is 12.0 Å². The number of hydrogen-bond donors (Lipinski definition) is 1. The van der Waals surface area contributed by atoms with Gasteiger partial charge in [-0.1, -0.05) is 107 Å². The molecule has 0 saturated heterocycles. The molecule has 3 nitrogen and oxygen atoms in total. The maximum atomic E-state index is 13.1. The zero-order chi connectivity index (χ0) is 31.8. The molecule has 0 radical (unpaired) electrons. The number of unbranched alkanes of at least 4 members (excludes halogenated alkanes) is 1. The van der Waals surface area contributed by atoms with Crippen LogP contribution in [0, 0.1) is 17.8 Å². The molecule has 0 unspecified atom stereocenters. The molecule has 0 spiro atoms. The monoisotopic (exact) mass is 628 g/mol. The molecule has 0 heterocycles. The molecule has 2 aromatic rings. The number of ether oxygens (including phenoxy) is 1. The van der Waals surface area contributed by atoms with Crippen molar-refractivity contribution in [3.63, 3.8) is 0 Å². The van der Waals surface area contributed by atoms with Crippen LogP contribution in [-0.2, 0) is 9.53 Å². The van der Waals surface area contributed by atoms with Gasteiger partial charge in [0.25, 0.3) is 8.32 Å². The molecular formula is C37H51F3O3Si. The first kappa shape index (κ1) is 34.5. The third kappa shape index (κ3) is 9.09. The molecule has 0 aromatic heterocycles. The Kier molecular flexibility index (Phi) is 12.0. The lowest BCUT2D eigenvalue weighted by atomic mass is 9.70. The Bertz CT molecular complexity index is 1140. The van der Waals surface area contributed by atoms with Crippen LogP contribution in [0.15, 0.2) is 72.8 Å². The van der Waals surface area contributed by atoms with Crippen LogP contribution < -0.4 is 10.4 Å². The third-order valence-electron chi connectivity index (χ3n) is 10.6. The normalized spacial score (nSPS) is 23.2. The second-order valence-electron chi connectivity index (χ2n) is 14.0. The van der Waals surface area contributed by atoms with E-state index in [1.54, 1.807) is 0 Å². The first-order chi connectivity index (χ1) is 20.9. The highest BCUT2D eigenvalue weighted by atomic mass is 28.4. The van der Waals surface area contributed by atoms with E-state index in [9.17, 15) is 22.8 Å². The van der Waals surface area contributed by atoms with E-state index in [-0.39, 0.29) is 18.5 Å². The van der Waals surface area contributed by atoms with Crippen molar-refractivity contribution < 1.29 is 27.5 Å². The molecule has 4 rings (SSSR count). The highest BCUT2D eigenvalue weighted by Crippen LogP contribution is 2.43. The fraction of sp³-hybridized carbons (Fsp3) is 0.595. The number of carbonyl (C=O) groups excluding carboxylic acids is 1. The molecule has 2 fully saturated rings. The quantitative estimate of drug-likeness (QED) is 0.104. The van der Waals surface area contributed by atoms with E-state index in [0.29, 0.717) is 42.6 Å². The Hall–Kier alpha value is -2.38. The van der Waals surface area contributed by atoms with Crippen LogP contribution in [-0.4, -0.2) is 31.4 Å². The average molecular weight is 629 g/mol. The first-order valence-electron chi connectivity index (χ1n) is 16.7. The minimum Gasteiger partial charge on any atom is -0.459 e. The Morgan fingerprint density at radius 1 is 0.818 bits per heavy atom. The van der Waals surface area contributed by atoms with Gasteiger partial charge >= 0.3 is 12.1 Å². The molecule has 44 heavy (non-hydrogen) atoms. The molecule has 0 bridgehead atoms. The van der Waals surface area contributed by atoms with Crippen LogP contribution in [0.3, 0.4) is 0 Å². The Labute approximate surface area is 263 Å². The molecule has 0 aliphatic heterocycles. The highest BCUT2D eigenvalue weighted by molar-refractivity contribution is 6.98. The number of alkyl halides is 3. The lowest BCUT2D eigenvalue weighted by Crippen LogP contribution is -2.65. The Balaban J connectivity index is 1.21. The molecule has 0 atom stereocenters. The molecule has 2 aliphatic carbocycles. The Morgan fingerprint density at radius 3 is 1.82 bits per heavy atom. The van der Waals surface area contributed by atoms with E-state index in [4.69, 9.17) is 4.74 Å². The van der Waals surface area contributed by atoms with Crippen molar-refractivity contribution in [2.75, 3.05) is 0 Å². The summed E-state index contributed by atoms with van der Waals surface area (Å²) in [6.07, 6.45) is 6.66. The molecule has 7 heteroatoms. The van der Waals surface area contributed by atoms with Crippen LogP contribution in [0.5, 0.6) is 0 Å². The lowest BCUT2D eigenvalue weighted by Gasteiger charge is -2.41. The van der Waals surface area contributed by atoms with Gasteiger partial charge in [-0.3, -0.25) is 0 Å². The van der Waals surface area contributed by atoms with Crippen LogP contribution >= 0.6 is 0 Å². The number of carbonyl (C=O) groups is 1. The molecule has 242 valence electrons. The van der Waals surface area contributed by atoms with Gasteiger partial charge in [0.15, 0.2) is 0 Å². The van der Waals surface area contributed by atoms with Gasteiger partial charge in [0.2, 0.25) is 0 Å². The molecule has 2 aliphatic rings. The molecule has 0 amide bonds. The number of rotatable bonds is 13. The van der Waals surface area contributed by atoms with Gasteiger partial charge < -0.3 is 9.53 Å². The van der Waals surface area contributed by atoms with Crippen LogP contribution in [0.4, 0.5) is 13.2 Å². The SMILES string of the molecule is C=C(CCC(C)(C)[Si](O)(c1ccccc1)c1ccccc1)C(=O)OC1CCC(C2CCC(CCCCC(F)(F)F)CC2)CC1. The van der Waals surface area contributed by atoms with Gasteiger partial charge in [-0.25, -0.2) is 4.79 Å². The van der Waals surface area contributed by atoms with Crippen molar-refractivity contribution in [2.45, 2.75) is 121 Å². The van der Waals surface area contributed by atoms with E-state index in [1.165, 1.54) is 12.8 Å². The first-order valence-corrected chi connectivity index (χ1v) is 18.6. The summed E-state index contributed by atoms with van der Waals surface area (Å²) < 4.78 is 43.1. The summed E-state index contributed by atoms with van der Waals surface area (Å²) in [6, 6.07) is 19.8. The second-order valence-corrected chi connectivity index (χ2v) is 17.9. The predicted octanol–water partition coefficient (Wildman–Crippen LogP) is 8.89.